The fourth-order valence-electron chi connectivity index (χ4n) is 2.47. The Bertz CT molecular complexity index is 768. The van der Waals surface area contributed by atoms with Crippen LogP contribution in [0.25, 0.3) is 11.5 Å². The number of sulfonamides is 1. The normalized spacial score (nSPS) is 16.6. The smallest absolute Gasteiger partial charge is 0.216 e. The van der Waals surface area contributed by atoms with Crippen LogP contribution in [0.5, 0.6) is 0 Å². The zero-order valence-corrected chi connectivity index (χ0v) is 13.7. The van der Waals surface area contributed by atoms with E-state index in [-0.39, 0.29) is 5.75 Å². The third-order valence-electron chi connectivity index (χ3n) is 3.67. The lowest BCUT2D eigenvalue weighted by molar-refractivity contribution is 0.0730. The van der Waals surface area contributed by atoms with Crippen molar-refractivity contribution >= 4 is 10.0 Å². The Labute approximate surface area is 135 Å². The van der Waals surface area contributed by atoms with Gasteiger partial charge in [-0.15, -0.1) is 0 Å². The van der Waals surface area contributed by atoms with Crippen LogP contribution >= 0.6 is 0 Å². The zero-order valence-electron chi connectivity index (χ0n) is 12.9. The number of ether oxygens (including phenoxy) is 1. The molecule has 0 radical (unpaired) electrons. The molecule has 0 unspecified atom stereocenters. The second kappa shape index (κ2) is 6.73. The lowest BCUT2D eigenvalue weighted by Gasteiger charge is -2.26. The maximum Gasteiger partial charge on any atom is 0.216 e. The molecule has 1 aliphatic heterocycles. The average molecular weight is 337 g/mol. The Morgan fingerprint density at radius 1 is 1.22 bits per heavy atom. The van der Waals surface area contributed by atoms with E-state index in [1.807, 2.05) is 0 Å². The highest BCUT2D eigenvalue weighted by molar-refractivity contribution is 7.89. The van der Waals surface area contributed by atoms with E-state index in [0.29, 0.717) is 50.2 Å². The highest BCUT2D eigenvalue weighted by Crippen LogP contribution is 2.15. The molecular formula is C14H19N5O3S. The monoisotopic (exact) mass is 337 g/mol. The van der Waals surface area contributed by atoms with Gasteiger partial charge in [-0.05, 0) is 13.0 Å². The molecule has 0 aromatic carbocycles. The summed E-state index contributed by atoms with van der Waals surface area (Å²) >= 11 is 0. The number of morpholine rings is 1. The number of imidazole rings is 1. The standard InChI is InChI=1S/C14H19N5O3S/c1-12-15-3-2-13(17-12)14-16-4-5-18(14)8-11-23(20,21)19-6-9-22-10-7-19/h2-5H,6-11H2,1H3. The van der Waals surface area contributed by atoms with Crippen LogP contribution < -0.4 is 0 Å². The minimum absolute atomic E-state index is 0.0282. The number of aryl methyl sites for hydroxylation is 2. The molecule has 3 heterocycles. The van der Waals surface area contributed by atoms with Crippen molar-refractivity contribution in [2.75, 3.05) is 32.1 Å². The van der Waals surface area contributed by atoms with E-state index in [1.54, 1.807) is 36.1 Å². The van der Waals surface area contributed by atoms with Crippen LogP contribution in [0.4, 0.5) is 0 Å². The van der Waals surface area contributed by atoms with Crippen molar-refractivity contribution in [3.05, 3.63) is 30.5 Å². The van der Waals surface area contributed by atoms with E-state index >= 15 is 0 Å². The Morgan fingerprint density at radius 2 is 2.00 bits per heavy atom. The Kier molecular flexibility index (Phi) is 4.69. The zero-order chi connectivity index (χ0) is 16.3. The molecule has 23 heavy (non-hydrogen) atoms. The molecule has 0 aliphatic carbocycles. The van der Waals surface area contributed by atoms with Crippen LogP contribution in [0.1, 0.15) is 5.82 Å². The third-order valence-corrected chi connectivity index (χ3v) is 5.52. The predicted molar refractivity (Wildman–Crippen MR) is 84.2 cm³/mol. The third kappa shape index (κ3) is 3.74. The van der Waals surface area contributed by atoms with Gasteiger partial charge in [0.2, 0.25) is 10.0 Å². The van der Waals surface area contributed by atoms with Crippen molar-refractivity contribution in [3.63, 3.8) is 0 Å². The highest BCUT2D eigenvalue weighted by Gasteiger charge is 2.24. The van der Waals surface area contributed by atoms with Crippen molar-refractivity contribution in [1.29, 1.82) is 0 Å². The summed E-state index contributed by atoms with van der Waals surface area (Å²) in [5.74, 6) is 1.33. The summed E-state index contributed by atoms with van der Waals surface area (Å²) in [5, 5.41) is 0. The molecule has 2 aromatic rings. The number of aromatic nitrogens is 4. The summed E-state index contributed by atoms with van der Waals surface area (Å²) in [6.45, 7) is 3.89. The number of hydrogen-bond acceptors (Lipinski definition) is 6. The van der Waals surface area contributed by atoms with Gasteiger partial charge >= 0.3 is 0 Å². The Morgan fingerprint density at radius 3 is 2.74 bits per heavy atom. The first-order valence-corrected chi connectivity index (χ1v) is 9.04. The molecule has 0 N–H and O–H groups in total. The van der Waals surface area contributed by atoms with Gasteiger partial charge in [-0.1, -0.05) is 0 Å². The minimum atomic E-state index is -3.29. The molecule has 0 amide bonds. The van der Waals surface area contributed by atoms with Crippen molar-refractivity contribution in [2.45, 2.75) is 13.5 Å². The summed E-state index contributed by atoms with van der Waals surface area (Å²) in [7, 11) is -3.29. The molecule has 3 rings (SSSR count). The van der Waals surface area contributed by atoms with Crippen LogP contribution in [-0.2, 0) is 21.3 Å². The van der Waals surface area contributed by atoms with Crippen LogP contribution in [0.3, 0.4) is 0 Å². The average Bonchev–Trinajstić information content (AvgIpc) is 3.02. The van der Waals surface area contributed by atoms with Crippen LogP contribution in [0, 0.1) is 6.92 Å². The molecule has 0 bridgehead atoms. The van der Waals surface area contributed by atoms with Gasteiger partial charge in [-0.3, -0.25) is 0 Å². The van der Waals surface area contributed by atoms with Gasteiger partial charge in [0.15, 0.2) is 5.82 Å². The van der Waals surface area contributed by atoms with Gasteiger partial charge in [0.1, 0.15) is 11.5 Å². The summed E-state index contributed by atoms with van der Waals surface area (Å²) in [6, 6.07) is 1.77. The first-order chi connectivity index (χ1) is 11.1. The summed E-state index contributed by atoms with van der Waals surface area (Å²) < 4.78 is 33.3. The number of rotatable bonds is 5. The molecule has 9 heteroatoms. The quantitative estimate of drug-likeness (QED) is 0.780. The minimum Gasteiger partial charge on any atom is -0.379 e. The van der Waals surface area contributed by atoms with E-state index < -0.39 is 10.0 Å². The first-order valence-electron chi connectivity index (χ1n) is 7.43. The highest BCUT2D eigenvalue weighted by atomic mass is 32.2. The van der Waals surface area contributed by atoms with Gasteiger partial charge in [0, 0.05) is 38.2 Å². The molecule has 1 aliphatic rings. The van der Waals surface area contributed by atoms with Crippen molar-refractivity contribution in [2.24, 2.45) is 0 Å². The maximum atomic E-state index is 12.4. The Hall–Kier alpha value is -1.84. The van der Waals surface area contributed by atoms with E-state index in [4.69, 9.17) is 4.74 Å². The second-order valence-corrected chi connectivity index (χ2v) is 7.35. The molecule has 1 saturated heterocycles. The fraction of sp³-hybridized carbons (Fsp3) is 0.500. The molecule has 8 nitrogen and oxygen atoms in total. The summed E-state index contributed by atoms with van der Waals surface area (Å²) in [6.07, 6.45) is 5.08. The Balaban J connectivity index is 1.73. The van der Waals surface area contributed by atoms with E-state index in [1.165, 1.54) is 4.31 Å². The van der Waals surface area contributed by atoms with Gasteiger partial charge in [-0.25, -0.2) is 23.4 Å². The van der Waals surface area contributed by atoms with Crippen molar-refractivity contribution in [1.82, 2.24) is 23.8 Å². The topological polar surface area (TPSA) is 90.2 Å². The number of nitrogens with zero attached hydrogens (tertiary/aromatic N) is 5. The molecule has 0 saturated carbocycles. The van der Waals surface area contributed by atoms with E-state index in [9.17, 15) is 8.42 Å². The largest absolute Gasteiger partial charge is 0.379 e. The summed E-state index contributed by atoms with van der Waals surface area (Å²) in [5.41, 5.74) is 0.686. The second-order valence-electron chi connectivity index (χ2n) is 5.26. The van der Waals surface area contributed by atoms with Crippen LogP contribution in [0.15, 0.2) is 24.7 Å². The predicted octanol–water partition coefficient (Wildman–Crippen LogP) is 0.311. The van der Waals surface area contributed by atoms with Gasteiger partial charge in [0.25, 0.3) is 0 Å². The van der Waals surface area contributed by atoms with Crippen molar-refractivity contribution < 1.29 is 13.2 Å². The molecule has 2 aromatic heterocycles. The molecule has 1 fully saturated rings. The fourth-order valence-corrected chi connectivity index (χ4v) is 3.86. The van der Waals surface area contributed by atoms with Crippen LogP contribution in [0.2, 0.25) is 0 Å². The van der Waals surface area contributed by atoms with E-state index in [2.05, 4.69) is 15.0 Å². The lowest BCUT2D eigenvalue weighted by atomic mass is 10.3. The molecule has 0 spiro atoms. The van der Waals surface area contributed by atoms with Gasteiger partial charge in [-0.2, -0.15) is 4.31 Å². The number of hydrogen-bond donors (Lipinski definition) is 0. The lowest BCUT2D eigenvalue weighted by Crippen LogP contribution is -2.42. The van der Waals surface area contributed by atoms with Gasteiger partial charge < -0.3 is 9.30 Å². The van der Waals surface area contributed by atoms with Crippen LogP contribution in [-0.4, -0.2) is 64.3 Å². The molecular weight excluding hydrogens is 318 g/mol. The van der Waals surface area contributed by atoms with Crippen molar-refractivity contribution in [3.8, 4) is 11.5 Å². The summed E-state index contributed by atoms with van der Waals surface area (Å²) in [4.78, 5) is 12.7. The molecule has 0 atom stereocenters. The van der Waals surface area contributed by atoms with E-state index in [0.717, 1.165) is 0 Å². The maximum absolute atomic E-state index is 12.4. The van der Waals surface area contributed by atoms with Gasteiger partial charge in [0.05, 0.1) is 19.0 Å². The molecule has 124 valence electrons. The SMILES string of the molecule is Cc1nccc(-c2nccn2CCS(=O)(=O)N2CCOCC2)n1. The first kappa shape index (κ1) is 16.0.